The molecule has 1 N–H and O–H groups in total. The molecule has 1 saturated heterocycles. The van der Waals surface area contributed by atoms with E-state index in [2.05, 4.69) is 10.00 Å². The third kappa shape index (κ3) is 4.03. The van der Waals surface area contributed by atoms with Gasteiger partial charge in [-0.25, -0.2) is 4.39 Å². The van der Waals surface area contributed by atoms with Crippen molar-refractivity contribution in [3.63, 3.8) is 0 Å². The molecule has 1 aromatic carbocycles. The van der Waals surface area contributed by atoms with E-state index in [1.54, 1.807) is 12.1 Å². The van der Waals surface area contributed by atoms with Crippen molar-refractivity contribution < 1.29 is 14.0 Å². The number of rotatable bonds is 4. The highest BCUT2D eigenvalue weighted by Gasteiger charge is 2.23. The highest BCUT2D eigenvalue weighted by Crippen LogP contribution is 2.36. The molecule has 0 spiro atoms. The number of halogens is 1. The van der Waals surface area contributed by atoms with Crippen LogP contribution < -0.4 is 10.2 Å². The minimum Gasteiger partial charge on any atom is -0.368 e. The van der Waals surface area contributed by atoms with Gasteiger partial charge in [0, 0.05) is 37.0 Å². The zero-order chi connectivity index (χ0) is 22.2. The summed E-state index contributed by atoms with van der Waals surface area (Å²) in [4.78, 5) is 27.9. The van der Waals surface area contributed by atoms with E-state index in [0.29, 0.717) is 48.2 Å². The standard InChI is InChI=1S/C24H27FN4O2S/c1-15-19-14-22(32-24(19)29(27-15)17-5-3-2-4-6-17)23(31)26-16-7-8-21(20(25)13-16)28-11-9-18(30)10-12-28/h7-8,13-14,17H,2-6,9-12H2,1H3,(H,26,31). The Bertz CT molecular complexity index is 1170. The monoisotopic (exact) mass is 454 g/mol. The van der Waals surface area contributed by atoms with E-state index in [-0.39, 0.29) is 11.7 Å². The molecule has 0 unspecified atom stereocenters. The van der Waals surface area contributed by atoms with Crippen LogP contribution in [-0.2, 0) is 4.79 Å². The van der Waals surface area contributed by atoms with Crippen LogP contribution in [-0.4, -0.2) is 34.6 Å². The first kappa shape index (κ1) is 21.1. The maximum Gasteiger partial charge on any atom is 0.265 e. The molecule has 3 heterocycles. The molecular formula is C24H27FN4O2S. The maximum absolute atomic E-state index is 14.7. The number of nitrogens with one attached hydrogen (secondary N) is 1. The quantitative estimate of drug-likeness (QED) is 0.567. The van der Waals surface area contributed by atoms with E-state index in [1.165, 1.54) is 36.7 Å². The van der Waals surface area contributed by atoms with Gasteiger partial charge in [-0.2, -0.15) is 5.10 Å². The lowest BCUT2D eigenvalue weighted by Gasteiger charge is -2.28. The number of hydrogen-bond acceptors (Lipinski definition) is 5. The zero-order valence-electron chi connectivity index (χ0n) is 18.2. The number of benzene rings is 1. The number of aromatic nitrogens is 2. The van der Waals surface area contributed by atoms with Crippen LogP contribution in [0, 0.1) is 12.7 Å². The number of piperidine rings is 1. The Morgan fingerprint density at radius 1 is 1.16 bits per heavy atom. The van der Waals surface area contributed by atoms with Crippen molar-refractivity contribution in [3.8, 4) is 0 Å². The van der Waals surface area contributed by atoms with Gasteiger partial charge >= 0.3 is 0 Å². The summed E-state index contributed by atoms with van der Waals surface area (Å²) in [7, 11) is 0. The van der Waals surface area contributed by atoms with Gasteiger partial charge in [0.05, 0.1) is 22.3 Å². The zero-order valence-corrected chi connectivity index (χ0v) is 19.0. The SMILES string of the molecule is Cc1nn(C2CCCCC2)c2sc(C(=O)Nc3ccc(N4CCC(=O)CC4)c(F)c3)cc12. The molecule has 5 rings (SSSR count). The van der Waals surface area contributed by atoms with Crippen LogP contribution in [0.2, 0.25) is 0 Å². The molecule has 32 heavy (non-hydrogen) atoms. The molecule has 0 atom stereocenters. The number of anilines is 2. The van der Waals surface area contributed by atoms with Crippen molar-refractivity contribution in [2.75, 3.05) is 23.3 Å². The molecular weight excluding hydrogens is 427 g/mol. The topological polar surface area (TPSA) is 67.2 Å². The first-order valence-corrected chi connectivity index (χ1v) is 12.2. The lowest BCUT2D eigenvalue weighted by Crippen LogP contribution is -2.34. The van der Waals surface area contributed by atoms with Gasteiger partial charge in [-0.15, -0.1) is 11.3 Å². The summed E-state index contributed by atoms with van der Waals surface area (Å²) in [6.45, 7) is 3.04. The summed E-state index contributed by atoms with van der Waals surface area (Å²) in [6, 6.07) is 7.05. The number of amides is 1. The van der Waals surface area contributed by atoms with Gasteiger partial charge < -0.3 is 10.2 Å². The molecule has 6 nitrogen and oxygen atoms in total. The van der Waals surface area contributed by atoms with Gasteiger partial charge in [-0.1, -0.05) is 19.3 Å². The van der Waals surface area contributed by atoms with Crippen LogP contribution in [0.5, 0.6) is 0 Å². The average molecular weight is 455 g/mol. The Morgan fingerprint density at radius 2 is 1.91 bits per heavy atom. The summed E-state index contributed by atoms with van der Waals surface area (Å²) in [6.07, 6.45) is 6.88. The first-order valence-electron chi connectivity index (χ1n) is 11.4. The van der Waals surface area contributed by atoms with Gasteiger partial charge in [0.1, 0.15) is 16.4 Å². The summed E-state index contributed by atoms with van der Waals surface area (Å²) >= 11 is 1.45. The number of carbonyl (C=O) groups is 2. The second-order valence-corrected chi connectivity index (χ2v) is 9.83. The van der Waals surface area contributed by atoms with Crippen LogP contribution >= 0.6 is 11.3 Å². The molecule has 0 bridgehead atoms. The van der Waals surface area contributed by atoms with Crippen molar-refractivity contribution in [1.29, 1.82) is 0 Å². The molecule has 1 aliphatic carbocycles. The summed E-state index contributed by atoms with van der Waals surface area (Å²) < 4.78 is 16.8. The Labute approximate surface area is 190 Å². The second-order valence-electron chi connectivity index (χ2n) is 8.80. The number of nitrogens with zero attached hydrogens (tertiary/aromatic N) is 3. The Morgan fingerprint density at radius 3 is 2.62 bits per heavy atom. The molecule has 2 aliphatic rings. The number of fused-ring (bicyclic) bond motifs is 1. The van der Waals surface area contributed by atoms with Crippen LogP contribution in [0.1, 0.15) is 66.4 Å². The molecule has 1 saturated carbocycles. The average Bonchev–Trinajstić information content (AvgIpc) is 3.36. The van der Waals surface area contributed by atoms with Crippen LogP contribution in [0.15, 0.2) is 24.3 Å². The predicted molar refractivity (Wildman–Crippen MR) is 125 cm³/mol. The van der Waals surface area contributed by atoms with Crippen molar-refractivity contribution in [1.82, 2.24) is 9.78 Å². The first-order chi connectivity index (χ1) is 15.5. The van der Waals surface area contributed by atoms with E-state index < -0.39 is 5.82 Å². The van der Waals surface area contributed by atoms with Crippen LogP contribution in [0.25, 0.3) is 10.2 Å². The van der Waals surface area contributed by atoms with Crippen molar-refractivity contribution in [2.24, 2.45) is 0 Å². The number of aryl methyl sites for hydroxylation is 1. The number of thiophene rings is 1. The Hall–Kier alpha value is -2.74. The number of hydrogen-bond donors (Lipinski definition) is 1. The molecule has 2 fully saturated rings. The summed E-state index contributed by atoms with van der Waals surface area (Å²) in [5, 5.41) is 8.60. The Balaban J connectivity index is 1.33. The predicted octanol–water partition coefficient (Wildman–Crippen LogP) is 5.47. The largest absolute Gasteiger partial charge is 0.368 e. The maximum atomic E-state index is 14.7. The number of Topliss-reactive ketones (excluding diaryl/α,β-unsaturated/α-hetero) is 1. The van der Waals surface area contributed by atoms with Gasteiger partial charge in [0.15, 0.2) is 0 Å². The molecule has 168 valence electrons. The van der Waals surface area contributed by atoms with Gasteiger partial charge in [0.25, 0.3) is 5.91 Å². The van der Waals surface area contributed by atoms with E-state index in [4.69, 9.17) is 5.10 Å². The highest BCUT2D eigenvalue weighted by atomic mass is 32.1. The molecule has 0 radical (unpaired) electrons. The molecule has 8 heteroatoms. The minimum absolute atomic E-state index is 0.218. The Kier molecular flexibility index (Phi) is 5.71. The van der Waals surface area contributed by atoms with Crippen LogP contribution in [0.3, 0.4) is 0 Å². The van der Waals surface area contributed by atoms with Gasteiger partial charge in [-0.3, -0.25) is 14.3 Å². The fourth-order valence-electron chi connectivity index (χ4n) is 4.79. The fraction of sp³-hybridized carbons (Fsp3) is 0.458. The fourth-order valence-corrected chi connectivity index (χ4v) is 5.92. The highest BCUT2D eigenvalue weighted by molar-refractivity contribution is 7.20. The van der Waals surface area contributed by atoms with E-state index >= 15 is 0 Å². The third-order valence-electron chi connectivity index (χ3n) is 6.58. The van der Waals surface area contributed by atoms with E-state index in [9.17, 15) is 14.0 Å². The number of ketones is 1. The molecule has 2 aromatic heterocycles. The summed E-state index contributed by atoms with van der Waals surface area (Å²) in [5.74, 6) is -0.412. The van der Waals surface area contributed by atoms with E-state index in [1.807, 2.05) is 17.9 Å². The smallest absolute Gasteiger partial charge is 0.265 e. The second kappa shape index (κ2) is 8.65. The van der Waals surface area contributed by atoms with Gasteiger partial charge in [0.2, 0.25) is 0 Å². The minimum atomic E-state index is -0.391. The van der Waals surface area contributed by atoms with Crippen molar-refractivity contribution >= 4 is 44.6 Å². The molecule has 1 amide bonds. The van der Waals surface area contributed by atoms with E-state index in [0.717, 1.165) is 28.8 Å². The lowest BCUT2D eigenvalue weighted by molar-refractivity contribution is -0.119. The van der Waals surface area contributed by atoms with Crippen molar-refractivity contribution in [2.45, 2.75) is 57.9 Å². The summed E-state index contributed by atoms with van der Waals surface area (Å²) in [5.41, 5.74) is 1.84. The van der Waals surface area contributed by atoms with Crippen LogP contribution in [0.4, 0.5) is 15.8 Å². The van der Waals surface area contributed by atoms with Crippen molar-refractivity contribution in [3.05, 3.63) is 40.7 Å². The molecule has 3 aromatic rings. The van der Waals surface area contributed by atoms with Gasteiger partial charge in [-0.05, 0) is 44.0 Å². The lowest BCUT2D eigenvalue weighted by atomic mass is 9.96. The third-order valence-corrected chi connectivity index (χ3v) is 7.70. The normalized spacial score (nSPS) is 17.8. The molecule has 1 aliphatic heterocycles. The number of carbonyl (C=O) groups excluding carboxylic acids is 2.